The van der Waals surface area contributed by atoms with E-state index in [2.05, 4.69) is 200 Å². The summed E-state index contributed by atoms with van der Waals surface area (Å²) in [5, 5.41) is 0. The van der Waals surface area contributed by atoms with E-state index in [1.807, 2.05) is 0 Å². The van der Waals surface area contributed by atoms with Crippen LogP contribution < -0.4 is 0 Å². The fourth-order valence-corrected chi connectivity index (χ4v) is 8.23. The minimum atomic E-state index is -0.329. The monoisotopic (exact) mass is 824 g/mol. The van der Waals surface area contributed by atoms with Gasteiger partial charge in [-0.15, -0.1) is 11.3 Å². The Balaban J connectivity index is 1.87. The van der Waals surface area contributed by atoms with E-state index in [1.165, 1.54) is 0 Å². The van der Waals surface area contributed by atoms with Crippen LogP contribution in [0.1, 0.15) is 104 Å². The zero-order chi connectivity index (χ0) is 37.8. The molecule has 5 rings (SSSR count). The molecule has 0 spiro atoms. The summed E-state index contributed by atoms with van der Waals surface area (Å²) in [7, 11) is 0. The second kappa shape index (κ2) is 14.0. The Morgan fingerprint density at radius 1 is 0.431 bits per heavy atom. The lowest BCUT2D eigenvalue weighted by Crippen LogP contribution is -2.28. The fourth-order valence-electron chi connectivity index (χ4n) is 6.52. The Morgan fingerprint density at radius 2 is 0.686 bits per heavy atom. The maximum atomic E-state index is 14.0. The molecule has 1 heterocycles. The number of carbonyl (C=O) groups excluding carboxylic acids is 2. The van der Waals surface area contributed by atoms with Crippen molar-refractivity contribution in [1.29, 1.82) is 0 Å². The van der Waals surface area contributed by atoms with Gasteiger partial charge in [-0.05, 0) is 105 Å². The first-order chi connectivity index (χ1) is 23.5. The van der Waals surface area contributed by atoms with Crippen molar-refractivity contribution < 1.29 is 9.59 Å². The van der Waals surface area contributed by atoms with Gasteiger partial charge in [-0.25, -0.2) is 0 Å². The molecule has 2 aromatic carbocycles. The van der Waals surface area contributed by atoms with Crippen molar-refractivity contribution in [2.45, 2.75) is 83.1 Å². The maximum absolute atomic E-state index is 14.0. The first-order valence-corrected chi connectivity index (χ1v) is 20.0. The molecule has 0 N–H and O–H groups in total. The van der Waals surface area contributed by atoms with Gasteiger partial charge in [-0.1, -0.05) is 139 Å². The van der Waals surface area contributed by atoms with E-state index in [1.54, 1.807) is 11.3 Å². The Hall–Kier alpha value is -3.12. The second-order valence-electron chi connectivity index (χ2n) is 17.7. The van der Waals surface area contributed by atoms with Crippen LogP contribution in [0.15, 0.2) is 127 Å². The van der Waals surface area contributed by atoms with Crippen molar-refractivity contribution >= 4 is 65.9 Å². The number of rotatable bonds is 4. The summed E-state index contributed by atoms with van der Waals surface area (Å²) in [6, 6.07) is 21.3. The predicted octanol–water partition coefficient (Wildman–Crippen LogP) is 13.9. The average Bonchev–Trinajstić information content (AvgIpc) is 3.47. The second-order valence-corrected chi connectivity index (χ2v) is 20.6. The summed E-state index contributed by atoms with van der Waals surface area (Å²) in [4.78, 5) is 30.1. The van der Waals surface area contributed by atoms with Crippen molar-refractivity contribution in [2.75, 3.05) is 0 Å². The zero-order valence-electron chi connectivity index (χ0n) is 32.1. The molecule has 0 saturated carbocycles. The van der Waals surface area contributed by atoms with Crippen LogP contribution in [0.5, 0.6) is 0 Å². The van der Waals surface area contributed by atoms with Crippen LogP contribution in [0.2, 0.25) is 0 Å². The number of hydrogen-bond donors (Lipinski definition) is 0. The van der Waals surface area contributed by atoms with Crippen LogP contribution in [-0.2, 0) is 9.59 Å². The molecular formula is C46H50Br2O2S. The van der Waals surface area contributed by atoms with E-state index in [-0.39, 0.29) is 33.2 Å². The molecule has 0 radical (unpaired) electrons. The number of benzene rings is 2. The van der Waals surface area contributed by atoms with E-state index in [4.69, 9.17) is 0 Å². The Morgan fingerprint density at radius 3 is 0.922 bits per heavy atom. The van der Waals surface area contributed by atoms with Crippen LogP contribution in [0.25, 0.3) is 11.1 Å². The molecule has 51 heavy (non-hydrogen) atoms. The topological polar surface area (TPSA) is 34.1 Å². The molecule has 2 aliphatic carbocycles. The predicted molar refractivity (Wildman–Crippen MR) is 225 cm³/mol. The highest BCUT2D eigenvalue weighted by Gasteiger charge is 2.36. The minimum absolute atomic E-state index is 0.123. The quantitative estimate of drug-likeness (QED) is 0.263. The van der Waals surface area contributed by atoms with Gasteiger partial charge >= 0.3 is 0 Å². The Labute approximate surface area is 326 Å². The molecule has 0 saturated heterocycles. The van der Waals surface area contributed by atoms with Crippen LogP contribution in [-0.4, -0.2) is 11.6 Å². The van der Waals surface area contributed by atoms with E-state index < -0.39 is 0 Å². The van der Waals surface area contributed by atoms with Crippen LogP contribution in [0, 0.1) is 21.7 Å². The maximum Gasteiger partial charge on any atom is 0.186 e. The summed E-state index contributed by atoms with van der Waals surface area (Å²) < 4.78 is 2.02. The lowest BCUT2D eigenvalue weighted by atomic mass is 9.71. The first-order valence-electron chi connectivity index (χ1n) is 17.6. The lowest BCUT2D eigenvalue weighted by molar-refractivity contribution is -0.114. The van der Waals surface area contributed by atoms with Crippen molar-refractivity contribution in [3.8, 4) is 0 Å². The van der Waals surface area contributed by atoms with E-state index in [9.17, 15) is 9.59 Å². The molecule has 2 nitrogen and oxygen atoms in total. The van der Waals surface area contributed by atoms with E-state index in [0.717, 1.165) is 74.4 Å². The summed E-state index contributed by atoms with van der Waals surface area (Å²) in [5.41, 5.74) is 8.37. The lowest BCUT2D eigenvalue weighted by Gasteiger charge is -2.32. The van der Waals surface area contributed by atoms with Crippen LogP contribution >= 0.6 is 43.2 Å². The number of halogens is 2. The molecule has 2 aliphatic rings. The molecule has 0 atom stereocenters. The van der Waals surface area contributed by atoms with Crippen molar-refractivity contribution in [2.24, 2.45) is 21.7 Å². The Kier molecular flexibility index (Phi) is 10.8. The largest absolute Gasteiger partial charge is 0.289 e. The smallest absolute Gasteiger partial charge is 0.186 e. The highest BCUT2D eigenvalue weighted by atomic mass is 79.9. The molecule has 0 bridgehead atoms. The summed E-state index contributed by atoms with van der Waals surface area (Å²) >= 11 is 9.02. The van der Waals surface area contributed by atoms with E-state index in [0.29, 0.717) is 0 Å². The van der Waals surface area contributed by atoms with Gasteiger partial charge in [0, 0.05) is 52.1 Å². The van der Waals surface area contributed by atoms with Gasteiger partial charge in [-0.3, -0.25) is 9.59 Å². The molecule has 1 aromatic heterocycles. The number of thiophene rings is 1. The SMILES string of the molecule is CC(C)(C)C1=CC(=C(c2ccc(Br)cc2)c2ccc(C(=C3C=C(C(C)(C)C)C(=O)C(C(C)(C)C)=C3)c3ccc(Br)cc3)s2)C=C(C(C)(C)C)C1=O. The summed E-state index contributed by atoms with van der Waals surface area (Å²) in [5.74, 6) is 0.246. The standard InChI is InChI=1S/C46H50Br2O2S/c1-43(2,3)33-23-29(24-34(41(33)49)44(4,5)6)39(27-13-17-31(47)18-14-27)37-21-22-38(51-37)40(28-15-19-32(48)20-16-28)30-25-35(45(7,8)9)42(50)36(26-30)46(10,11)12/h13-26H,1-12H3. The average molecular weight is 827 g/mol. The van der Waals surface area contributed by atoms with Gasteiger partial charge in [0.1, 0.15) is 0 Å². The minimum Gasteiger partial charge on any atom is -0.289 e. The normalized spacial score (nSPS) is 16.1. The van der Waals surface area contributed by atoms with Crippen LogP contribution in [0.3, 0.4) is 0 Å². The molecule has 0 fully saturated rings. The number of ketones is 2. The van der Waals surface area contributed by atoms with Crippen molar-refractivity contribution in [1.82, 2.24) is 0 Å². The van der Waals surface area contributed by atoms with Gasteiger partial charge in [0.2, 0.25) is 0 Å². The molecule has 0 unspecified atom stereocenters. The zero-order valence-corrected chi connectivity index (χ0v) is 36.1. The number of allylic oxidation sites excluding steroid dienone is 10. The van der Waals surface area contributed by atoms with Gasteiger partial charge in [0.25, 0.3) is 0 Å². The molecule has 0 amide bonds. The number of Topliss-reactive ketones (excluding diaryl/α,β-unsaturated/α-hetero) is 2. The summed E-state index contributed by atoms with van der Waals surface area (Å²) in [6.07, 6.45) is 8.47. The van der Waals surface area contributed by atoms with Crippen molar-refractivity contribution in [3.63, 3.8) is 0 Å². The number of hydrogen-bond acceptors (Lipinski definition) is 3. The fraction of sp³-hybridized carbons (Fsp3) is 0.348. The third kappa shape index (κ3) is 8.42. The van der Waals surface area contributed by atoms with Gasteiger partial charge in [-0.2, -0.15) is 0 Å². The first kappa shape index (κ1) is 39.1. The number of carbonyl (C=O) groups is 2. The molecule has 5 heteroatoms. The Bertz CT molecular complexity index is 1860. The molecular weight excluding hydrogens is 776 g/mol. The van der Waals surface area contributed by atoms with Gasteiger partial charge in [0.05, 0.1) is 0 Å². The van der Waals surface area contributed by atoms with Crippen molar-refractivity contribution in [3.05, 3.63) is 148 Å². The summed E-state index contributed by atoms with van der Waals surface area (Å²) in [6.45, 7) is 25.4. The highest BCUT2D eigenvalue weighted by Crippen LogP contribution is 2.46. The van der Waals surface area contributed by atoms with E-state index >= 15 is 0 Å². The third-order valence-corrected chi connectivity index (χ3v) is 11.5. The third-order valence-electron chi connectivity index (χ3n) is 9.35. The molecule has 0 aliphatic heterocycles. The highest BCUT2D eigenvalue weighted by molar-refractivity contribution is 9.10. The van der Waals surface area contributed by atoms with Gasteiger partial charge < -0.3 is 0 Å². The molecule has 266 valence electrons. The molecule has 3 aromatic rings. The van der Waals surface area contributed by atoms with Crippen LogP contribution in [0.4, 0.5) is 0 Å². The van der Waals surface area contributed by atoms with Gasteiger partial charge in [0.15, 0.2) is 11.6 Å².